The lowest BCUT2D eigenvalue weighted by molar-refractivity contribution is -0.142. The summed E-state index contributed by atoms with van der Waals surface area (Å²) in [7, 11) is -3.81. The van der Waals surface area contributed by atoms with Crippen molar-refractivity contribution in [1.29, 1.82) is 0 Å². The van der Waals surface area contributed by atoms with Gasteiger partial charge in [-0.2, -0.15) is 9.40 Å². The van der Waals surface area contributed by atoms with E-state index in [-0.39, 0.29) is 18.0 Å². The maximum absolute atomic E-state index is 13.4. The van der Waals surface area contributed by atoms with Gasteiger partial charge in [0.25, 0.3) is 5.91 Å². The number of anilines is 2. The largest absolute Gasteiger partial charge is 0.452 e. The molecule has 0 radical (unpaired) electrons. The van der Waals surface area contributed by atoms with Gasteiger partial charge in [0.15, 0.2) is 6.61 Å². The molecule has 0 unspecified atom stereocenters. The van der Waals surface area contributed by atoms with Gasteiger partial charge in [0.05, 0.1) is 48.4 Å². The molecule has 0 atom stereocenters. The molecule has 0 bridgehead atoms. The number of rotatable bonds is 10. The fourth-order valence-electron chi connectivity index (χ4n) is 5.27. The first-order valence-electron chi connectivity index (χ1n) is 15.1. The van der Waals surface area contributed by atoms with Crippen LogP contribution in [0.15, 0.2) is 90.2 Å². The van der Waals surface area contributed by atoms with Crippen molar-refractivity contribution in [3.8, 4) is 16.9 Å². The highest BCUT2D eigenvalue weighted by Crippen LogP contribution is 2.31. The molecular weight excluding hydrogens is 624 g/mol. The number of hydrogen-bond donors (Lipinski definition) is 1. The number of nitrogens with one attached hydrogen (secondary N) is 1. The lowest BCUT2D eigenvalue weighted by Gasteiger charge is -2.31. The average Bonchev–Trinajstić information content (AvgIpc) is 3.56. The Labute approximate surface area is 272 Å². The summed E-state index contributed by atoms with van der Waals surface area (Å²) in [6.07, 6.45) is 7.95. The van der Waals surface area contributed by atoms with Crippen LogP contribution in [0, 0.1) is 0 Å². The molecule has 1 N–H and O–H groups in total. The number of benzene rings is 2. The number of aromatic nitrogens is 3. The van der Waals surface area contributed by atoms with Gasteiger partial charge >= 0.3 is 5.97 Å². The molecule has 2 aromatic carbocycles. The van der Waals surface area contributed by atoms with E-state index < -0.39 is 28.5 Å². The van der Waals surface area contributed by atoms with E-state index in [0.717, 1.165) is 11.3 Å². The Morgan fingerprint density at radius 2 is 1.68 bits per heavy atom. The van der Waals surface area contributed by atoms with Crippen LogP contribution >= 0.6 is 0 Å². The number of pyridine rings is 1. The molecule has 47 heavy (non-hydrogen) atoms. The average molecular weight is 659 g/mol. The van der Waals surface area contributed by atoms with Crippen molar-refractivity contribution in [1.82, 2.24) is 19.1 Å². The van der Waals surface area contributed by atoms with Crippen molar-refractivity contribution in [2.45, 2.75) is 4.90 Å². The van der Waals surface area contributed by atoms with Gasteiger partial charge in [0.1, 0.15) is 5.69 Å². The summed E-state index contributed by atoms with van der Waals surface area (Å²) in [5, 5.41) is 7.45. The highest BCUT2D eigenvalue weighted by molar-refractivity contribution is 7.89. The number of carbonyl (C=O) groups excluding carboxylic acids is 2. The van der Waals surface area contributed by atoms with Crippen LogP contribution in [0.25, 0.3) is 23.0 Å². The fraction of sp³-hybridized carbons (Fsp3) is 0.273. The predicted molar refractivity (Wildman–Crippen MR) is 174 cm³/mol. The van der Waals surface area contributed by atoms with Crippen LogP contribution in [0.1, 0.15) is 5.56 Å². The van der Waals surface area contributed by atoms with E-state index >= 15 is 0 Å². The molecule has 2 saturated heterocycles. The second-order valence-corrected chi connectivity index (χ2v) is 12.7. The monoisotopic (exact) mass is 658 g/mol. The topological polar surface area (TPSA) is 145 Å². The van der Waals surface area contributed by atoms with Gasteiger partial charge in [-0.1, -0.05) is 18.2 Å². The maximum atomic E-state index is 13.4. The van der Waals surface area contributed by atoms with E-state index in [4.69, 9.17) is 19.3 Å². The first-order chi connectivity index (χ1) is 22.9. The third-order valence-electron chi connectivity index (χ3n) is 7.64. The minimum atomic E-state index is -3.81. The lowest BCUT2D eigenvalue weighted by Crippen LogP contribution is -2.40. The first-order valence-corrected chi connectivity index (χ1v) is 16.6. The molecule has 2 fully saturated rings. The van der Waals surface area contributed by atoms with Crippen molar-refractivity contribution < 1.29 is 32.2 Å². The molecule has 6 rings (SSSR count). The first kappa shape index (κ1) is 32.1. The maximum Gasteiger partial charge on any atom is 0.331 e. The van der Waals surface area contributed by atoms with Crippen LogP contribution in [0.2, 0.25) is 0 Å². The number of carbonyl (C=O) groups is 2. The van der Waals surface area contributed by atoms with E-state index in [1.165, 1.54) is 22.5 Å². The number of hydrogen-bond acceptors (Lipinski definition) is 10. The summed E-state index contributed by atoms with van der Waals surface area (Å²) in [6, 6.07) is 17.9. The molecule has 0 spiro atoms. The quantitative estimate of drug-likeness (QED) is 0.199. The lowest BCUT2D eigenvalue weighted by atomic mass is 10.1. The van der Waals surface area contributed by atoms with Gasteiger partial charge in [-0.25, -0.2) is 17.9 Å². The van der Waals surface area contributed by atoms with Crippen LogP contribution in [0.4, 0.5) is 11.4 Å². The zero-order chi connectivity index (χ0) is 32.6. The summed E-state index contributed by atoms with van der Waals surface area (Å²) >= 11 is 0. The van der Waals surface area contributed by atoms with Gasteiger partial charge < -0.3 is 24.4 Å². The second-order valence-electron chi connectivity index (χ2n) is 10.7. The third-order valence-corrected chi connectivity index (χ3v) is 9.54. The summed E-state index contributed by atoms with van der Waals surface area (Å²) in [5.74, 6) is -1.35. The summed E-state index contributed by atoms with van der Waals surface area (Å²) < 4.78 is 45.8. The number of amides is 1. The van der Waals surface area contributed by atoms with Crippen molar-refractivity contribution in [2.24, 2.45) is 0 Å². The van der Waals surface area contributed by atoms with Gasteiger partial charge in [0, 0.05) is 62.0 Å². The number of esters is 1. The number of nitrogens with zero attached hydrogens (tertiary/aromatic N) is 5. The Morgan fingerprint density at radius 3 is 2.40 bits per heavy atom. The SMILES string of the molecule is O=C(COC(=O)/C=C/c1cn(-c2ccccc2)nc1-c1cccnc1)Nc1cc(S(=O)(=O)N2CCOCC2)ccc1N1CCOCC1. The molecule has 1 amide bonds. The third kappa shape index (κ3) is 7.74. The predicted octanol–water partition coefficient (Wildman–Crippen LogP) is 2.99. The number of para-hydroxylation sites is 1. The normalized spacial score (nSPS) is 15.9. The molecular formula is C33H34N6O7S. The minimum absolute atomic E-state index is 0.0482. The molecule has 14 heteroatoms. The van der Waals surface area contributed by atoms with Crippen LogP contribution in [0.5, 0.6) is 0 Å². The summed E-state index contributed by atoms with van der Waals surface area (Å²) in [4.78, 5) is 32.0. The number of morpholine rings is 2. The molecule has 2 aromatic heterocycles. The Bertz CT molecular complexity index is 1840. The second kappa shape index (κ2) is 14.7. The highest BCUT2D eigenvalue weighted by atomic mass is 32.2. The number of sulfonamides is 1. The molecule has 0 saturated carbocycles. The fourth-order valence-corrected chi connectivity index (χ4v) is 6.70. The summed E-state index contributed by atoms with van der Waals surface area (Å²) in [6.45, 7) is 2.68. The zero-order valence-corrected chi connectivity index (χ0v) is 26.3. The Morgan fingerprint density at radius 1 is 0.936 bits per heavy atom. The molecule has 2 aliphatic heterocycles. The smallest absolute Gasteiger partial charge is 0.331 e. The van der Waals surface area contributed by atoms with Crippen molar-refractivity contribution in [3.63, 3.8) is 0 Å². The van der Waals surface area contributed by atoms with Crippen molar-refractivity contribution in [2.75, 3.05) is 69.4 Å². The Balaban J connectivity index is 1.16. The number of ether oxygens (including phenoxy) is 3. The van der Waals surface area contributed by atoms with E-state index in [1.54, 1.807) is 41.5 Å². The minimum Gasteiger partial charge on any atom is -0.452 e. The Hall–Kier alpha value is -4.89. The van der Waals surface area contributed by atoms with E-state index in [2.05, 4.69) is 10.3 Å². The van der Waals surface area contributed by atoms with Crippen molar-refractivity contribution >= 4 is 39.4 Å². The molecule has 4 aromatic rings. The summed E-state index contributed by atoms with van der Waals surface area (Å²) in [5.41, 5.74) is 3.82. The molecule has 4 heterocycles. The zero-order valence-electron chi connectivity index (χ0n) is 25.5. The standard InChI is InChI=1S/C33H34N6O7S/c40-31(35-29-21-28(47(42,43)38-15-19-45-20-16-38)9-10-30(29)37-13-17-44-18-14-37)24-46-32(41)11-8-26-23-39(27-6-2-1-3-7-27)36-33(26)25-5-4-12-34-22-25/h1-12,21-23H,13-20,24H2,(H,35,40)/b11-8+. The van der Waals surface area contributed by atoms with Gasteiger partial charge in [-0.15, -0.1) is 0 Å². The van der Waals surface area contributed by atoms with E-state index in [9.17, 15) is 18.0 Å². The molecule has 13 nitrogen and oxygen atoms in total. The van der Waals surface area contributed by atoms with Crippen LogP contribution in [-0.2, 0) is 33.8 Å². The Kier molecular flexibility index (Phi) is 10.0. The van der Waals surface area contributed by atoms with E-state index in [0.29, 0.717) is 62.1 Å². The highest BCUT2D eigenvalue weighted by Gasteiger charge is 2.28. The van der Waals surface area contributed by atoms with Gasteiger partial charge in [-0.3, -0.25) is 9.78 Å². The van der Waals surface area contributed by atoms with Crippen LogP contribution < -0.4 is 10.2 Å². The molecule has 2 aliphatic rings. The van der Waals surface area contributed by atoms with Gasteiger partial charge in [-0.05, 0) is 48.5 Å². The molecule has 0 aliphatic carbocycles. The van der Waals surface area contributed by atoms with Crippen LogP contribution in [0.3, 0.4) is 0 Å². The van der Waals surface area contributed by atoms with Gasteiger partial charge in [0.2, 0.25) is 10.0 Å². The van der Waals surface area contributed by atoms with Crippen molar-refractivity contribution in [3.05, 3.63) is 90.9 Å². The molecule has 244 valence electrons. The van der Waals surface area contributed by atoms with Crippen LogP contribution in [-0.4, -0.2) is 98.6 Å². The van der Waals surface area contributed by atoms with E-state index in [1.807, 2.05) is 41.3 Å².